The molecule has 1 unspecified atom stereocenters. The maximum absolute atomic E-state index is 12.3. The molecule has 2 aliphatic heterocycles. The predicted molar refractivity (Wildman–Crippen MR) is 66.9 cm³/mol. The van der Waals surface area contributed by atoms with Crippen LogP contribution in [0.4, 0.5) is 13.2 Å². The van der Waals surface area contributed by atoms with Gasteiger partial charge in [-0.25, -0.2) is 0 Å². The van der Waals surface area contributed by atoms with Gasteiger partial charge in [-0.3, -0.25) is 0 Å². The first-order chi connectivity index (χ1) is 8.95. The average molecular weight is 280 g/mol. The van der Waals surface area contributed by atoms with Crippen molar-refractivity contribution in [1.82, 2.24) is 9.80 Å². The zero-order valence-corrected chi connectivity index (χ0v) is 11.2. The van der Waals surface area contributed by atoms with Gasteiger partial charge in [-0.15, -0.1) is 0 Å². The lowest BCUT2D eigenvalue weighted by Crippen LogP contribution is -2.45. The van der Waals surface area contributed by atoms with Crippen molar-refractivity contribution >= 4 is 0 Å². The van der Waals surface area contributed by atoms with Crippen LogP contribution in [0.25, 0.3) is 0 Å². The Hall–Kier alpha value is -0.330. The number of likely N-dealkylation sites (tertiary alicyclic amines) is 2. The van der Waals surface area contributed by atoms with Crippen LogP contribution in [0.15, 0.2) is 0 Å². The van der Waals surface area contributed by atoms with Gasteiger partial charge in [0, 0.05) is 13.1 Å². The first kappa shape index (κ1) is 15.1. The van der Waals surface area contributed by atoms with Crippen LogP contribution in [0.5, 0.6) is 0 Å². The number of nitrogens with zero attached hydrogens (tertiary/aromatic N) is 2. The molecular weight excluding hydrogens is 257 g/mol. The molecule has 2 aliphatic rings. The lowest BCUT2D eigenvalue weighted by Gasteiger charge is -2.35. The minimum atomic E-state index is -4.49. The van der Waals surface area contributed by atoms with E-state index in [0.717, 1.165) is 19.4 Å². The molecule has 0 aromatic carbocycles. The molecule has 0 amide bonds. The molecule has 0 saturated carbocycles. The summed E-state index contributed by atoms with van der Waals surface area (Å²) in [6.45, 7) is 4.51. The summed E-state index contributed by atoms with van der Waals surface area (Å²) in [5.74, 6) is 0.609. The molecule has 3 nitrogen and oxygen atoms in total. The van der Waals surface area contributed by atoms with Crippen LogP contribution in [0.3, 0.4) is 0 Å². The zero-order valence-electron chi connectivity index (χ0n) is 11.2. The van der Waals surface area contributed by atoms with Gasteiger partial charge >= 0.3 is 6.18 Å². The van der Waals surface area contributed by atoms with Gasteiger partial charge in [0.2, 0.25) is 0 Å². The van der Waals surface area contributed by atoms with Gasteiger partial charge in [0.15, 0.2) is 6.10 Å². The number of halogens is 3. The quantitative estimate of drug-likeness (QED) is 0.849. The van der Waals surface area contributed by atoms with E-state index >= 15 is 0 Å². The summed E-state index contributed by atoms with van der Waals surface area (Å²) < 4.78 is 36.8. The van der Waals surface area contributed by atoms with Gasteiger partial charge in [-0.2, -0.15) is 13.2 Å². The second-order valence-corrected chi connectivity index (χ2v) is 5.81. The largest absolute Gasteiger partial charge is 0.415 e. The molecule has 2 saturated heterocycles. The summed E-state index contributed by atoms with van der Waals surface area (Å²) in [4.78, 5) is 4.20. The number of piperidine rings is 1. The molecule has 0 bridgehead atoms. The van der Waals surface area contributed by atoms with Crippen LogP contribution in [0.2, 0.25) is 0 Å². The molecule has 19 heavy (non-hydrogen) atoms. The predicted octanol–water partition coefficient (Wildman–Crippen LogP) is 1.72. The second kappa shape index (κ2) is 6.41. The van der Waals surface area contributed by atoms with Gasteiger partial charge in [0.1, 0.15) is 0 Å². The number of rotatable bonds is 4. The third-order valence-electron chi connectivity index (χ3n) is 4.23. The van der Waals surface area contributed by atoms with E-state index in [9.17, 15) is 13.2 Å². The number of hydrogen-bond acceptors (Lipinski definition) is 3. The van der Waals surface area contributed by atoms with Crippen LogP contribution >= 0.6 is 0 Å². The zero-order chi connectivity index (χ0) is 13.9. The number of aliphatic hydroxyl groups excluding tert-OH is 1. The fourth-order valence-electron chi connectivity index (χ4n) is 3.03. The number of alkyl halides is 3. The van der Waals surface area contributed by atoms with Gasteiger partial charge in [0.05, 0.1) is 0 Å². The van der Waals surface area contributed by atoms with Crippen molar-refractivity contribution in [2.24, 2.45) is 5.92 Å². The lowest BCUT2D eigenvalue weighted by atomic mass is 9.96. The maximum Gasteiger partial charge on any atom is 0.415 e. The van der Waals surface area contributed by atoms with Gasteiger partial charge < -0.3 is 14.9 Å². The standard InChI is InChI=1S/C13H23F3N2O/c14-13(15,16)12(19)10-18-7-3-11(4-8-18)9-17-5-1-2-6-17/h11-12,19H,1-10H2. The van der Waals surface area contributed by atoms with Gasteiger partial charge in [-0.05, 0) is 57.8 Å². The Morgan fingerprint density at radius 1 is 1.00 bits per heavy atom. The first-order valence-electron chi connectivity index (χ1n) is 7.14. The van der Waals surface area contributed by atoms with Crippen molar-refractivity contribution in [2.75, 3.05) is 39.3 Å². The number of aliphatic hydroxyl groups is 1. The Kier molecular flexibility index (Phi) is 5.09. The summed E-state index contributed by atoms with van der Waals surface area (Å²) in [5.41, 5.74) is 0. The summed E-state index contributed by atoms with van der Waals surface area (Å²) in [5, 5.41) is 9.06. The summed E-state index contributed by atoms with van der Waals surface area (Å²) in [6, 6.07) is 0. The van der Waals surface area contributed by atoms with E-state index in [-0.39, 0.29) is 6.54 Å². The van der Waals surface area contributed by atoms with E-state index in [1.165, 1.54) is 25.9 Å². The molecule has 0 radical (unpaired) electrons. The highest BCUT2D eigenvalue weighted by Crippen LogP contribution is 2.24. The molecule has 0 aromatic heterocycles. The van der Waals surface area contributed by atoms with Crippen LogP contribution in [0.1, 0.15) is 25.7 Å². The highest BCUT2D eigenvalue weighted by Gasteiger charge is 2.39. The summed E-state index contributed by atoms with van der Waals surface area (Å²) in [6.07, 6.45) is -2.26. The lowest BCUT2D eigenvalue weighted by molar-refractivity contribution is -0.208. The Balaban J connectivity index is 1.67. The molecule has 112 valence electrons. The number of hydrogen-bond donors (Lipinski definition) is 1. The van der Waals surface area contributed by atoms with E-state index in [4.69, 9.17) is 5.11 Å². The molecule has 2 heterocycles. The molecule has 2 rings (SSSR count). The van der Waals surface area contributed by atoms with Crippen molar-refractivity contribution in [2.45, 2.75) is 38.0 Å². The van der Waals surface area contributed by atoms with Crippen LogP contribution in [-0.2, 0) is 0 Å². The molecule has 0 spiro atoms. The van der Waals surface area contributed by atoms with Crippen LogP contribution in [0, 0.1) is 5.92 Å². The van der Waals surface area contributed by atoms with Crippen molar-refractivity contribution in [3.8, 4) is 0 Å². The molecule has 6 heteroatoms. The summed E-state index contributed by atoms with van der Waals surface area (Å²) >= 11 is 0. The van der Waals surface area contributed by atoms with Crippen molar-refractivity contribution in [3.63, 3.8) is 0 Å². The Labute approximate surface area is 112 Å². The van der Waals surface area contributed by atoms with Crippen molar-refractivity contribution < 1.29 is 18.3 Å². The first-order valence-corrected chi connectivity index (χ1v) is 7.14. The summed E-state index contributed by atoms with van der Waals surface area (Å²) in [7, 11) is 0. The Morgan fingerprint density at radius 3 is 2.11 bits per heavy atom. The molecule has 2 fully saturated rings. The Morgan fingerprint density at radius 2 is 1.58 bits per heavy atom. The molecular formula is C13H23F3N2O. The third-order valence-corrected chi connectivity index (χ3v) is 4.23. The highest BCUT2D eigenvalue weighted by molar-refractivity contribution is 4.79. The maximum atomic E-state index is 12.3. The van der Waals surface area contributed by atoms with E-state index in [2.05, 4.69) is 4.90 Å². The van der Waals surface area contributed by atoms with E-state index < -0.39 is 12.3 Å². The topological polar surface area (TPSA) is 26.7 Å². The van der Waals surface area contributed by atoms with Gasteiger partial charge in [0.25, 0.3) is 0 Å². The molecule has 1 atom stereocenters. The minimum absolute atomic E-state index is 0.278. The normalized spacial score (nSPS) is 25.9. The Bertz CT molecular complexity index is 272. The van der Waals surface area contributed by atoms with Crippen LogP contribution < -0.4 is 0 Å². The van der Waals surface area contributed by atoms with E-state index in [1.807, 2.05) is 0 Å². The fourth-order valence-corrected chi connectivity index (χ4v) is 3.03. The molecule has 0 aliphatic carbocycles. The SMILES string of the molecule is OC(CN1CCC(CN2CCCC2)CC1)C(F)(F)F. The average Bonchev–Trinajstić information content (AvgIpc) is 2.83. The highest BCUT2D eigenvalue weighted by atomic mass is 19.4. The van der Waals surface area contributed by atoms with Gasteiger partial charge in [-0.1, -0.05) is 0 Å². The third kappa shape index (κ3) is 4.61. The van der Waals surface area contributed by atoms with E-state index in [0.29, 0.717) is 19.0 Å². The van der Waals surface area contributed by atoms with Crippen molar-refractivity contribution in [3.05, 3.63) is 0 Å². The molecule has 1 N–H and O–H groups in total. The number of β-amino-alcohol motifs (C(OH)–C–C–N with tert-alkyl or cyclic N) is 1. The monoisotopic (exact) mass is 280 g/mol. The van der Waals surface area contributed by atoms with Crippen molar-refractivity contribution in [1.29, 1.82) is 0 Å². The molecule has 0 aromatic rings. The second-order valence-electron chi connectivity index (χ2n) is 5.81. The smallest absolute Gasteiger partial charge is 0.382 e. The van der Waals surface area contributed by atoms with E-state index in [1.54, 1.807) is 4.90 Å². The fraction of sp³-hybridized carbons (Fsp3) is 1.00. The minimum Gasteiger partial charge on any atom is -0.382 e. The van der Waals surface area contributed by atoms with Crippen LogP contribution in [-0.4, -0.2) is 66.5 Å².